The van der Waals surface area contributed by atoms with E-state index >= 15 is 0 Å². The van der Waals surface area contributed by atoms with E-state index in [4.69, 9.17) is 0 Å². The van der Waals surface area contributed by atoms with E-state index < -0.39 is 6.04 Å². The topological polar surface area (TPSA) is 61.0 Å². The summed E-state index contributed by atoms with van der Waals surface area (Å²) in [6.07, 6.45) is 0. The molecule has 2 aromatic rings. The van der Waals surface area contributed by atoms with Crippen LogP contribution in [0, 0.1) is 5.82 Å². The molecule has 6 heteroatoms. The number of imidazole rings is 1. The molecule has 1 aromatic carbocycles. The van der Waals surface area contributed by atoms with E-state index in [1.807, 2.05) is 6.92 Å². The predicted molar refractivity (Wildman–Crippen MR) is 72.4 cm³/mol. The van der Waals surface area contributed by atoms with Crippen molar-refractivity contribution in [1.29, 1.82) is 0 Å². The number of rotatable bonds is 4. The van der Waals surface area contributed by atoms with E-state index in [9.17, 15) is 9.18 Å². The average molecular weight is 264 g/mol. The maximum atomic E-state index is 13.1. The van der Waals surface area contributed by atoms with Crippen LogP contribution < -0.4 is 5.32 Å². The van der Waals surface area contributed by atoms with Gasteiger partial charge in [-0.3, -0.25) is 4.79 Å². The van der Waals surface area contributed by atoms with Crippen LogP contribution in [0.2, 0.25) is 0 Å². The molecule has 1 atom stereocenters. The van der Waals surface area contributed by atoms with Crippen LogP contribution in [-0.4, -0.2) is 40.4 Å². The van der Waals surface area contributed by atoms with Crippen LogP contribution in [0.5, 0.6) is 0 Å². The summed E-state index contributed by atoms with van der Waals surface area (Å²) < 4.78 is 13.1. The number of aromatic nitrogens is 2. The molecule has 102 valence electrons. The molecule has 0 radical (unpaired) electrons. The van der Waals surface area contributed by atoms with E-state index in [2.05, 4.69) is 15.3 Å². The molecule has 2 N–H and O–H groups in total. The minimum atomic E-state index is -0.393. The van der Waals surface area contributed by atoms with Gasteiger partial charge in [0, 0.05) is 13.6 Å². The highest BCUT2D eigenvalue weighted by Gasteiger charge is 2.17. The third-order valence-electron chi connectivity index (χ3n) is 3.02. The van der Waals surface area contributed by atoms with Crippen molar-refractivity contribution in [2.75, 3.05) is 18.9 Å². The molecule has 2 rings (SSSR count). The standard InChI is InChI=1S/C13H17FN4O/c1-4-18(3)12(19)8(2)15-13-16-10-6-5-9(14)7-11(10)17-13/h5-8H,4H2,1-3H3,(H2,15,16,17). The molecular formula is C13H17FN4O. The number of H-pyrrole nitrogens is 1. The second-order valence-electron chi connectivity index (χ2n) is 4.47. The third-order valence-corrected chi connectivity index (χ3v) is 3.02. The van der Waals surface area contributed by atoms with Crippen LogP contribution in [0.4, 0.5) is 10.3 Å². The fraction of sp³-hybridized carbons (Fsp3) is 0.385. The molecule has 5 nitrogen and oxygen atoms in total. The number of benzene rings is 1. The van der Waals surface area contributed by atoms with Gasteiger partial charge >= 0.3 is 0 Å². The first kappa shape index (κ1) is 13.3. The lowest BCUT2D eigenvalue weighted by Crippen LogP contribution is -2.39. The van der Waals surface area contributed by atoms with Crippen LogP contribution >= 0.6 is 0 Å². The number of aromatic amines is 1. The summed E-state index contributed by atoms with van der Waals surface area (Å²) in [6.45, 7) is 4.33. The van der Waals surface area contributed by atoms with Crippen molar-refractivity contribution in [2.24, 2.45) is 0 Å². The second kappa shape index (κ2) is 5.26. The summed E-state index contributed by atoms with van der Waals surface area (Å²) in [7, 11) is 1.74. The van der Waals surface area contributed by atoms with Crippen molar-refractivity contribution in [3.05, 3.63) is 24.0 Å². The Morgan fingerprint density at radius 2 is 2.32 bits per heavy atom. The Morgan fingerprint density at radius 3 is 3.00 bits per heavy atom. The molecule has 0 saturated carbocycles. The molecule has 1 amide bonds. The Labute approximate surface area is 110 Å². The molecule has 1 aromatic heterocycles. The monoisotopic (exact) mass is 264 g/mol. The minimum absolute atomic E-state index is 0.0193. The largest absolute Gasteiger partial charge is 0.344 e. The number of halogens is 1. The first-order chi connectivity index (χ1) is 9.01. The first-order valence-corrected chi connectivity index (χ1v) is 6.18. The van der Waals surface area contributed by atoms with E-state index in [1.165, 1.54) is 12.1 Å². The van der Waals surface area contributed by atoms with Gasteiger partial charge < -0.3 is 15.2 Å². The van der Waals surface area contributed by atoms with Crippen molar-refractivity contribution < 1.29 is 9.18 Å². The van der Waals surface area contributed by atoms with Gasteiger partial charge in [-0.15, -0.1) is 0 Å². The van der Waals surface area contributed by atoms with Gasteiger partial charge in [0.1, 0.15) is 11.9 Å². The second-order valence-corrected chi connectivity index (χ2v) is 4.47. The summed E-state index contributed by atoms with van der Waals surface area (Å²) >= 11 is 0. The zero-order chi connectivity index (χ0) is 14.0. The van der Waals surface area contributed by atoms with Gasteiger partial charge in [-0.2, -0.15) is 0 Å². The Morgan fingerprint density at radius 1 is 1.58 bits per heavy atom. The number of amides is 1. The highest BCUT2D eigenvalue weighted by Crippen LogP contribution is 2.16. The van der Waals surface area contributed by atoms with Crippen molar-refractivity contribution in [2.45, 2.75) is 19.9 Å². The number of fused-ring (bicyclic) bond motifs is 1. The van der Waals surface area contributed by atoms with Gasteiger partial charge in [0.25, 0.3) is 0 Å². The van der Waals surface area contributed by atoms with Gasteiger partial charge in [-0.05, 0) is 32.0 Å². The average Bonchev–Trinajstić information content (AvgIpc) is 2.77. The highest BCUT2D eigenvalue weighted by atomic mass is 19.1. The molecule has 0 spiro atoms. The molecule has 19 heavy (non-hydrogen) atoms. The lowest BCUT2D eigenvalue weighted by atomic mass is 10.3. The number of hydrogen-bond acceptors (Lipinski definition) is 3. The van der Waals surface area contributed by atoms with Crippen molar-refractivity contribution in [1.82, 2.24) is 14.9 Å². The quantitative estimate of drug-likeness (QED) is 0.887. The fourth-order valence-corrected chi connectivity index (χ4v) is 1.80. The lowest BCUT2D eigenvalue weighted by Gasteiger charge is -2.20. The normalized spacial score (nSPS) is 12.4. The number of carbonyl (C=O) groups excluding carboxylic acids is 1. The molecule has 0 saturated heterocycles. The van der Waals surface area contributed by atoms with E-state index in [1.54, 1.807) is 24.9 Å². The molecule has 0 aliphatic carbocycles. The van der Waals surface area contributed by atoms with Gasteiger partial charge in [-0.25, -0.2) is 9.37 Å². The van der Waals surface area contributed by atoms with Crippen LogP contribution in [0.15, 0.2) is 18.2 Å². The highest BCUT2D eigenvalue weighted by molar-refractivity contribution is 5.84. The van der Waals surface area contributed by atoms with Gasteiger partial charge in [0.05, 0.1) is 11.0 Å². The Bertz CT molecular complexity index is 595. The zero-order valence-electron chi connectivity index (χ0n) is 11.2. The van der Waals surface area contributed by atoms with Gasteiger partial charge in [0.2, 0.25) is 11.9 Å². The summed E-state index contributed by atoms with van der Waals surface area (Å²) in [5.74, 6) is 0.123. The Hall–Kier alpha value is -2.11. The lowest BCUT2D eigenvalue weighted by molar-refractivity contribution is -0.130. The van der Waals surface area contributed by atoms with Crippen molar-refractivity contribution in [3.8, 4) is 0 Å². The van der Waals surface area contributed by atoms with Crippen molar-refractivity contribution in [3.63, 3.8) is 0 Å². The summed E-state index contributed by atoms with van der Waals surface area (Å²) in [5.41, 5.74) is 1.26. The summed E-state index contributed by atoms with van der Waals surface area (Å²) in [5, 5.41) is 2.99. The van der Waals surface area contributed by atoms with Crippen LogP contribution in [0.1, 0.15) is 13.8 Å². The van der Waals surface area contributed by atoms with Crippen LogP contribution in [0.25, 0.3) is 11.0 Å². The SMILES string of the molecule is CCN(C)C(=O)C(C)Nc1nc2ccc(F)cc2[nH]1. The number of anilines is 1. The van der Waals surface area contributed by atoms with Gasteiger partial charge in [0.15, 0.2) is 0 Å². The molecule has 0 aliphatic rings. The van der Waals surface area contributed by atoms with E-state index in [0.29, 0.717) is 23.5 Å². The Balaban J connectivity index is 2.15. The van der Waals surface area contributed by atoms with Crippen LogP contribution in [-0.2, 0) is 4.79 Å². The molecule has 1 heterocycles. The summed E-state index contributed by atoms with van der Waals surface area (Å²) in [4.78, 5) is 20.7. The van der Waals surface area contributed by atoms with Crippen molar-refractivity contribution >= 4 is 22.9 Å². The molecule has 0 aliphatic heterocycles. The summed E-state index contributed by atoms with van der Waals surface area (Å²) in [6, 6.07) is 3.93. The van der Waals surface area contributed by atoms with Gasteiger partial charge in [-0.1, -0.05) is 0 Å². The van der Waals surface area contributed by atoms with E-state index in [-0.39, 0.29) is 11.7 Å². The number of likely N-dealkylation sites (N-methyl/N-ethyl adjacent to an activating group) is 1. The molecular weight excluding hydrogens is 247 g/mol. The first-order valence-electron chi connectivity index (χ1n) is 6.18. The maximum Gasteiger partial charge on any atom is 0.244 e. The van der Waals surface area contributed by atoms with E-state index in [0.717, 1.165) is 0 Å². The smallest absolute Gasteiger partial charge is 0.244 e. The molecule has 0 bridgehead atoms. The number of nitrogens with one attached hydrogen (secondary N) is 2. The number of hydrogen-bond donors (Lipinski definition) is 2. The predicted octanol–water partition coefficient (Wildman–Crippen LogP) is 1.98. The fourth-order valence-electron chi connectivity index (χ4n) is 1.80. The number of carbonyl (C=O) groups is 1. The maximum absolute atomic E-state index is 13.1. The third kappa shape index (κ3) is 2.83. The van der Waals surface area contributed by atoms with Crippen LogP contribution in [0.3, 0.4) is 0 Å². The molecule has 0 fully saturated rings. The number of nitrogens with zero attached hydrogens (tertiary/aromatic N) is 2. The Kier molecular flexibility index (Phi) is 3.69. The minimum Gasteiger partial charge on any atom is -0.344 e. The molecule has 1 unspecified atom stereocenters. The zero-order valence-corrected chi connectivity index (χ0v) is 11.2.